The van der Waals surface area contributed by atoms with Gasteiger partial charge < -0.3 is 5.11 Å². The molecule has 0 bridgehead atoms. The van der Waals surface area contributed by atoms with Gasteiger partial charge in [0, 0.05) is 0 Å². The van der Waals surface area contributed by atoms with E-state index in [9.17, 15) is 10.4 Å². The Morgan fingerprint density at radius 3 is 2.50 bits per heavy atom. The Balaban J connectivity index is 1.56. The van der Waals surface area contributed by atoms with Gasteiger partial charge in [0.15, 0.2) is 0 Å². The number of aliphatic hydroxyl groups is 1. The molecule has 0 saturated heterocycles. The van der Waals surface area contributed by atoms with E-state index in [-0.39, 0.29) is 17.6 Å². The SMILES string of the molecule is CC(C)CCC[C@@H](C)[C@H]1CC[C@H]2[C@@H]3[C@@H](OO)C=C4C[C@@H](O)CC[C@]4(C)[C@H]3CC[C@]12C. The fraction of sp³-hybridized carbons (Fsp3) is 0.926. The average Bonchev–Trinajstić information content (AvgIpc) is 3.05. The highest BCUT2D eigenvalue weighted by Gasteiger charge is 2.61. The summed E-state index contributed by atoms with van der Waals surface area (Å²) in [5.74, 6) is 4.05. The Hall–Kier alpha value is -0.380. The lowest BCUT2D eigenvalue weighted by atomic mass is 9.46. The van der Waals surface area contributed by atoms with Gasteiger partial charge in [0.25, 0.3) is 0 Å². The van der Waals surface area contributed by atoms with Crippen molar-refractivity contribution in [1.82, 2.24) is 0 Å². The number of aliphatic hydroxyl groups excluding tert-OH is 1. The van der Waals surface area contributed by atoms with E-state index in [1.54, 1.807) is 0 Å². The number of hydrogen-bond donors (Lipinski definition) is 2. The van der Waals surface area contributed by atoms with E-state index < -0.39 is 0 Å². The van der Waals surface area contributed by atoms with Crippen LogP contribution in [0.3, 0.4) is 0 Å². The number of fused-ring (bicyclic) bond motifs is 5. The van der Waals surface area contributed by atoms with Crippen LogP contribution in [0.2, 0.25) is 0 Å². The lowest BCUT2D eigenvalue weighted by Crippen LogP contribution is -2.55. The van der Waals surface area contributed by atoms with Gasteiger partial charge in [-0.3, -0.25) is 5.26 Å². The largest absolute Gasteiger partial charge is 0.393 e. The zero-order valence-electron chi connectivity index (χ0n) is 20.1. The summed E-state index contributed by atoms with van der Waals surface area (Å²) in [5.41, 5.74) is 1.91. The Labute approximate surface area is 184 Å². The molecule has 3 saturated carbocycles. The first-order valence-electron chi connectivity index (χ1n) is 12.9. The van der Waals surface area contributed by atoms with Crippen LogP contribution in [0.4, 0.5) is 0 Å². The van der Waals surface area contributed by atoms with Crippen LogP contribution < -0.4 is 0 Å². The Morgan fingerprint density at radius 1 is 1.03 bits per heavy atom. The van der Waals surface area contributed by atoms with Crippen molar-refractivity contribution in [1.29, 1.82) is 0 Å². The number of hydrogen-bond acceptors (Lipinski definition) is 3. The molecule has 0 aromatic carbocycles. The molecule has 4 aliphatic rings. The van der Waals surface area contributed by atoms with Crippen molar-refractivity contribution in [2.75, 3.05) is 0 Å². The molecule has 3 nitrogen and oxygen atoms in total. The van der Waals surface area contributed by atoms with Crippen LogP contribution in [0.1, 0.15) is 98.8 Å². The summed E-state index contributed by atoms with van der Waals surface area (Å²) in [4.78, 5) is 5.17. The molecular weight excluding hydrogens is 372 g/mol. The molecule has 0 unspecified atom stereocenters. The quantitative estimate of drug-likeness (QED) is 0.281. The fourth-order valence-corrected chi connectivity index (χ4v) is 8.73. The zero-order valence-corrected chi connectivity index (χ0v) is 20.1. The van der Waals surface area contributed by atoms with Crippen LogP contribution in [0, 0.1) is 46.3 Å². The van der Waals surface area contributed by atoms with E-state index in [0.29, 0.717) is 23.2 Å². The second kappa shape index (κ2) is 8.52. The highest BCUT2D eigenvalue weighted by atomic mass is 17.1. The molecule has 2 N–H and O–H groups in total. The van der Waals surface area contributed by atoms with E-state index >= 15 is 0 Å². The third-order valence-electron chi connectivity index (χ3n) is 10.4. The first-order chi connectivity index (χ1) is 14.2. The van der Waals surface area contributed by atoms with Gasteiger partial charge in [-0.05, 0) is 91.3 Å². The maximum atomic E-state index is 10.3. The third-order valence-corrected chi connectivity index (χ3v) is 10.4. The van der Waals surface area contributed by atoms with Gasteiger partial charge in [-0.15, -0.1) is 0 Å². The van der Waals surface area contributed by atoms with E-state index in [2.05, 4.69) is 40.7 Å². The van der Waals surface area contributed by atoms with Gasteiger partial charge in [-0.1, -0.05) is 65.5 Å². The molecule has 0 aliphatic heterocycles. The van der Waals surface area contributed by atoms with Gasteiger partial charge in [-0.25, -0.2) is 4.89 Å². The lowest BCUT2D eigenvalue weighted by molar-refractivity contribution is -0.296. The average molecular weight is 419 g/mol. The van der Waals surface area contributed by atoms with Gasteiger partial charge in [0.1, 0.15) is 6.10 Å². The molecule has 0 aromatic rings. The fourth-order valence-electron chi connectivity index (χ4n) is 8.73. The topological polar surface area (TPSA) is 49.7 Å². The molecule has 0 aromatic heterocycles. The highest BCUT2D eigenvalue weighted by molar-refractivity contribution is 5.28. The van der Waals surface area contributed by atoms with Gasteiger partial charge in [0.2, 0.25) is 0 Å². The minimum Gasteiger partial charge on any atom is -0.393 e. The molecule has 4 rings (SSSR count). The minimum absolute atomic E-state index is 0.182. The Morgan fingerprint density at radius 2 is 1.80 bits per heavy atom. The van der Waals surface area contributed by atoms with E-state index in [4.69, 9.17) is 4.89 Å². The van der Waals surface area contributed by atoms with Crippen molar-refractivity contribution in [3.05, 3.63) is 11.6 Å². The summed E-state index contributed by atoms with van der Waals surface area (Å²) in [7, 11) is 0. The monoisotopic (exact) mass is 418 g/mol. The van der Waals surface area contributed by atoms with Crippen molar-refractivity contribution < 1.29 is 15.3 Å². The normalized spacial score (nSPS) is 46.7. The maximum absolute atomic E-state index is 10.3. The highest BCUT2D eigenvalue weighted by Crippen LogP contribution is 2.67. The van der Waals surface area contributed by atoms with Gasteiger partial charge >= 0.3 is 0 Å². The lowest BCUT2D eigenvalue weighted by Gasteiger charge is -2.59. The first kappa shape index (κ1) is 22.8. The molecule has 0 amide bonds. The van der Waals surface area contributed by atoms with Crippen LogP contribution in [0.5, 0.6) is 0 Å². The van der Waals surface area contributed by atoms with Gasteiger partial charge in [-0.2, -0.15) is 0 Å². The molecule has 3 heteroatoms. The minimum atomic E-state index is -0.225. The molecule has 0 radical (unpaired) electrons. The third kappa shape index (κ3) is 3.71. The van der Waals surface area contributed by atoms with Crippen molar-refractivity contribution in [3.63, 3.8) is 0 Å². The second-order valence-electron chi connectivity index (χ2n) is 12.4. The van der Waals surface area contributed by atoms with Crippen LogP contribution in [-0.4, -0.2) is 22.6 Å². The molecule has 30 heavy (non-hydrogen) atoms. The summed E-state index contributed by atoms with van der Waals surface area (Å²) in [6.45, 7) is 12.2. The first-order valence-corrected chi connectivity index (χ1v) is 12.9. The van der Waals surface area contributed by atoms with Gasteiger partial charge in [0.05, 0.1) is 6.10 Å². The molecule has 0 heterocycles. The predicted molar refractivity (Wildman–Crippen MR) is 122 cm³/mol. The van der Waals surface area contributed by atoms with Crippen molar-refractivity contribution in [3.8, 4) is 0 Å². The van der Waals surface area contributed by atoms with Crippen LogP contribution >= 0.6 is 0 Å². The maximum Gasteiger partial charge on any atom is 0.114 e. The standard InChI is InChI=1S/C27H46O3/c1-17(2)7-6-8-18(3)21-9-10-22-25-23(12-14-27(21,22)5)26(4)13-11-20(28)15-19(26)16-24(25)30-29/h16-18,20-25,28-29H,6-15H2,1-5H3/t18-,20+,21-,22+,23+,24+,25+,26+,27-/m1/s1. The molecule has 3 fully saturated rings. The molecule has 172 valence electrons. The summed E-state index contributed by atoms with van der Waals surface area (Å²) < 4.78 is 0. The molecule has 0 spiro atoms. The van der Waals surface area contributed by atoms with Crippen LogP contribution in [0.25, 0.3) is 0 Å². The Kier molecular flexibility index (Phi) is 6.48. The van der Waals surface area contributed by atoms with E-state index in [1.807, 2.05) is 0 Å². The van der Waals surface area contributed by atoms with Crippen molar-refractivity contribution in [2.45, 2.75) is 111 Å². The van der Waals surface area contributed by atoms with Crippen molar-refractivity contribution >= 4 is 0 Å². The van der Waals surface area contributed by atoms with Crippen molar-refractivity contribution in [2.24, 2.45) is 46.3 Å². The zero-order chi connectivity index (χ0) is 21.7. The summed E-state index contributed by atoms with van der Waals surface area (Å²) >= 11 is 0. The Bertz CT molecular complexity index is 642. The van der Waals surface area contributed by atoms with Crippen LogP contribution in [-0.2, 0) is 4.89 Å². The number of rotatable bonds is 6. The van der Waals surface area contributed by atoms with E-state index in [0.717, 1.165) is 37.0 Å². The predicted octanol–water partition coefficient (Wildman–Crippen LogP) is 6.86. The summed E-state index contributed by atoms with van der Waals surface area (Å²) in [5, 5.41) is 20.2. The summed E-state index contributed by atoms with van der Waals surface area (Å²) in [6, 6.07) is 0. The molecule has 9 atom stereocenters. The second-order valence-corrected chi connectivity index (χ2v) is 12.4. The molecular formula is C27H46O3. The molecule has 4 aliphatic carbocycles. The van der Waals surface area contributed by atoms with E-state index in [1.165, 1.54) is 50.5 Å². The summed E-state index contributed by atoms with van der Waals surface area (Å²) in [6.07, 6.45) is 13.8. The smallest absolute Gasteiger partial charge is 0.114 e. The van der Waals surface area contributed by atoms with Crippen LogP contribution in [0.15, 0.2) is 11.6 Å².